The summed E-state index contributed by atoms with van der Waals surface area (Å²) < 4.78 is 12.2. The summed E-state index contributed by atoms with van der Waals surface area (Å²) in [7, 11) is 3.50. The molecule has 1 aliphatic rings. The lowest BCUT2D eigenvalue weighted by molar-refractivity contribution is -0.0186. The molecule has 21 heavy (non-hydrogen) atoms. The van der Waals surface area contributed by atoms with Gasteiger partial charge in [-0.15, -0.1) is 0 Å². The fraction of sp³-hybridized carbons (Fsp3) is 0.625. The van der Waals surface area contributed by atoms with E-state index in [9.17, 15) is 0 Å². The zero-order chi connectivity index (χ0) is 15.4. The van der Waals surface area contributed by atoms with Crippen LogP contribution < -0.4 is 10.5 Å². The van der Waals surface area contributed by atoms with E-state index in [1.54, 1.807) is 14.2 Å². The molecule has 2 N–H and O–H groups in total. The average Bonchev–Trinajstić information content (AvgIpc) is 2.50. The highest BCUT2D eigenvalue weighted by atomic mass is 79.9. The molecule has 0 aliphatic carbocycles. The largest absolute Gasteiger partial charge is 0.496 e. The van der Waals surface area contributed by atoms with E-state index in [-0.39, 0.29) is 12.1 Å². The molecule has 1 aromatic carbocycles. The third-order valence-electron chi connectivity index (χ3n) is 4.44. The van der Waals surface area contributed by atoms with Crippen LogP contribution in [0.5, 0.6) is 5.75 Å². The Labute approximate surface area is 135 Å². The predicted octanol–water partition coefficient (Wildman–Crippen LogP) is 2.81. The Morgan fingerprint density at radius 2 is 2.19 bits per heavy atom. The molecule has 2 rings (SSSR count). The van der Waals surface area contributed by atoms with Crippen LogP contribution in [0.1, 0.15) is 24.9 Å². The first kappa shape index (κ1) is 16.7. The van der Waals surface area contributed by atoms with Crippen LogP contribution in [0, 0.1) is 5.92 Å². The first-order valence-corrected chi connectivity index (χ1v) is 8.20. The summed E-state index contributed by atoms with van der Waals surface area (Å²) in [6.07, 6.45) is 1.40. The third kappa shape index (κ3) is 3.77. The summed E-state index contributed by atoms with van der Waals surface area (Å²) in [6, 6.07) is 6.24. The van der Waals surface area contributed by atoms with Crippen molar-refractivity contribution in [2.75, 3.05) is 33.9 Å². The molecular weight excluding hydrogens is 332 g/mol. The minimum atomic E-state index is 0.155. The van der Waals surface area contributed by atoms with Crippen LogP contribution in [0.25, 0.3) is 0 Å². The van der Waals surface area contributed by atoms with Gasteiger partial charge in [0.05, 0.1) is 19.3 Å². The molecule has 3 atom stereocenters. The lowest BCUT2D eigenvalue weighted by Gasteiger charge is -2.40. The van der Waals surface area contributed by atoms with Gasteiger partial charge in [0.2, 0.25) is 0 Å². The third-order valence-corrected chi connectivity index (χ3v) is 4.93. The maximum atomic E-state index is 6.08. The van der Waals surface area contributed by atoms with Crippen LogP contribution in [0.15, 0.2) is 22.7 Å². The SMILES string of the molecule is COc1ccc(Br)cc1C(CN)N1CCC(C)C(OC)C1. The van der Waals surface area contributed by atoms with Crippen LogP contribution in [-0.2, 0) is 4.74 Å². The van der Waals surface area contributed by atoms with Gasteiger partial charge in [-0.05, 0) is 37.1 Å². The number of methoxy groups -OCH3 is 2. The van der Waals surface area contributed by atoms with Gasteiger partial charge in [0.25, 0.3) is 0 Å². The zero-order valence-electron chi connectivity index (χ0n) is 13.0. The van der Waals surface area contributed by atoms with E-state index in [2.05, 4.69) is 33.8 Å². The molecule has 1 fully saturated rings. The van der Waals surface area contributed by atoms with Gasteiger partial charge in [-0.3, -0.25) is 4.90 Å². The Kier molecular flexibility index (Phi) is 6.05. The molecule has 0 aromatic heterocycles. The first-order chi connectivity index (χ1) is 10.1. The Hall–Kier alpha value is -0.620. The molecule has 0 spiro atoms. The predicted molar refractivity (Wildman–Crippen MR) is 88.6 cm³/mol. The molecule has 4 nitrogen and oxygen atoms in total. The van der Waals surface area contributed by atoms with Crippen LogP contribution in [-0.4, -0.2) is 44.9 Å². The number of ether oxygens (including phenoxy) is 2. The van der Waals surface area contributed by atoms with Gasteiger partial charge in [0.15, 0.2) is 0 Å². The number of halogens is 1. The number of benzene rings is 1. The van der Waals surface area contributed by atoms with Gasteiger partial charge >= 0.3 is 0 Å². The molecule has 118 valence electrons. The highest BCUT2D eigenvalue weighted by molar-refractivity contribution is 9.10. The maximum absolute atomic E-state index is 6.08. The van der Waals surface area contributed by atoms with E-state index >= 15 is 0 Å². The number of rotatable bonds is 5. The molecule has 3 unspecified atom stereocenters. The number of hydrogen-bond donors (Lipinski definition) is 1. The van der Waals surface area contributed by atoms with Crippen LogP contribution in [0.3, 0.4) is 0 Å². The summed E-state index contributed by atoms with van der Waals surface area (Å²) >= 11 is 3.54. The Bertz CT molecular complexity index is 470. The minimum absolute atomic E-state index is 0.155. The zero-order valence-corrected chi connectivity index (χ0v) is 14.6. The second-order valence-electron chi connectivity index (χ2n) is 5.67. The highest BCUT2D eigenvalue weighted by Gasteiger charge is 2.31. The molecule has 1 saturated heterocycles. The topological polar surface area (TPSA) is 47.7 Å². The molecule has 0 amide bonds. The highest BCUT2D eigenvalue weighted by Crippen LogP contribution is 2.34. The minimum Gasteiger partial charge on any atom is -0.496 e. The van der Waals surface area contributed by atoms with Crippen molar-refractivity contribution >= 4 is 15.9 Å². The molecular formula is C16H25BrN2O2. The first-order valence-electron chi connectivity index (χ1n) is 7.41. The van der Waals surface area contributed by atoms with Gasteiger partial charge in [-0.25, -0.2) is 0 Å². The van der Waals surface area contributed by atoms with Gasteiger partial charge < -0.3 is 15.2 Å². The summed E-state index contributed by atoms with van der Waals surface area (Å²) in [5.74, 6) is 1.48. The van der Waals surface area contributed by atoms with Crippen molar-refractivity contribution in [3.8, 4) is 5.75 Å². The van der Waals surface area contributed by atoms with Crippen molar-refractivity contribution < 1.29 is 9.47 Å². The number of hydrogen-bond acceptors (Lipinski definition) is 4. The van der Waals surface area contributed by atoms with E-state index in [4.69, 9.17) is 15.2 Å². The number of nitrogens with two attached hydrogens (primary N) is 1. The molecule has 0 bridgehead atoms. The van der Waals surface area contributed by atoms with Gasteiger partial charge in [-0.2, -0.15) is 0 Å². The monoisotopic (exact) mass is 356 g/mol. The van der Waals surface area contributed by atoms with E-state index in [1.807, 2.05) is 12.1 Å². The molecule has 0 saturated carbocycles. The van der Waals surface area contributed by atoms with E-state index in [1.165, 1.54) is 0 Å². The smallest absolute Gasteiger partial charge is 0.123 e. The van der Waals surface area contributed by atoms with Crippen molar-refractivity contribution in [3.05, 3.63) is 28.2 Å². The van der Waals surface area contributed by atoms with Gasteiger partial charge in [0, 0.05) is 30.2 Å². The van der Waals surface area contributed by atoms with Crippen molar-refractivity contribution in [3.63, 3.8) is 0 Å². The Morgan fingerprint density at radius 1 is 1.43 bits per heavy atom. The van der Waals surface area contributed by atoms with E-state index in [0.717, 1.165) is 35.3 Å². The van der Waals surface area contributed by atoms with Gasteiger partial charge in [-0.1, -0.05) is 22.9 Å². The normalized spacial score (nSPS) is 24.8. The van der Waals surface area contributed by atoms with Crippen molar-refractivity contribution in [1.82, 2.24) is 4.90 Å². The Morgan fingerprint density at radius 3 is 2.81 bits per heavy atom. The Balaban J connectivity index is 2.25. The maximum Gasteiger partial charge on any atom is 0.123 e. The lowest BCUT2D eigenvalue weighted by Crippen LogP contribution is -2.47. The lowest BCUT2D eigenvalue weighted by atomic mass is 9.93. The van der Waals surface area contributed by atoms with Crippen LogP contribution in [0.2, 0.25) is 0 Å². The molecule has 1 aromatic rings. The van der Waals surface area contributed by atoms with E-state index in [0.29, 0.717) is 12.5 Å². The summed E-state index contributed by atoms with van der Waals surface area (Å²) in [5.41, 5.74) is 7.22. The number of likely N-dealkylation sites (tertiary alicyclic amines) is 1. The van der Waals surface area contributed by atoms with Crippen LogP contribution in [0.4, 0.5) is 0 Å². The molecule has 5 heteroatoms. The average molecular weight is 357 g/mol. The summed E-state index contributed by atoms with van der Waals surface area (Å²) in [6.45, 7) is 4.77. The fourth-order valence-corrected chi connectivity index (χ4v) is 3.46. The standard InChI is InChI=1S/C16H25BrN2O2/c1-11-6-7-19(10-16(11)21-3)14(9-18)13-8-12(17)4-5-15(13)20-2/h4-5,8,11,14,16H,6-7,9-10,18H2,1-3H3. The second kappa shape index (κ2) is 7.58. The van der Waals surface area contributed by atoms with Gasteiger partial charge in [0.1, 0.15) is 5.75 Å². The molecule has 0 radical (unpaired) electrons. The summed E-state index contributed by atoms with van der Waals surface area (Å²) in [4.78, 5) is 2.42. The summed E-state index contributed by atoms with van der Waals surface area (Å²) in [5, 5.41) is 0. The van der Waals surface area contributed by atoms with Crippen molar-refractivity contribution in [2.24, 2.45) is 11.7 Å². The van der Waals surface area contributed by atoms with E-state index < -0.39 is 0 Å². The molecule has 1 heterocycles. The fourth-order valence-electron chi connectivity index (χ4n) is 3.09. The van der Waals surface area contributed by atoms with Crippen molar-refractivity contribution in [1.29, 1.82) is 0 Å². The molecule has 1 aliphatic heterocycles. The van der Waals surface area contributed by atoms with Crippen LogP contribution >= 0.6 is 15.9 Å². The number of piperidine rings is 1. The number of nitrogens with zero attached hydrogens (tertiary/aromatic N) is 1. The van der Waals surface area contributed by atoms with Crippen molar-refractivity contribution in [2.45, 2.75) is 25.5 Å². The quantitative estimate of drug-likeness (QED) is 0.880. The second-order valence-corrected chi connectivity index (χ2v) is 6.59.